The number of rotatable bonds is 8. The summed E-state index contributed by atoms with van der Waals surface area (Å²) in [6.07, 6.45) is 1.35. The molecule has 0 saturated carbocycles. The molecule has 8 nitrogen and oxygen atoms in total. The minimum Gasteiger partial charge on any atom is -0.493 e. The molecule has 36 heavy (non-hydrogen) atoms. The van der Waals surface area contributed by atoms with E-state index in [-0.39, 0.29) is 27.0 Å². The highest BCUT2D eigenvalue weighted by Gasteiger charge is 2.19. The van der Waals surface area contributed by atoms with Crippen LogP contribution in [0.2, 0.25) is 10.0 Å². The van der Waals surface area contributed by atoms with Crippen LogP contribution in [0.1, 0.15) is 16.7 Å². The summed E-state index contributed by atoms with van der Waals surface area (Å²) in [5.74, 6) is 0.0544. The van der Waals surface area contributed by atoms with E-state index in [0.29, 0.717) is 28.1 Å². The Balaban J connectivity index is 1.86. The smallest absolute Gasteiger partial charge is 0.272 e. The number of nitro groups is 1. The molecule has 0 saturated heterocycles. The van der Waals surface area contributed by atoms with Crippen LogP contribution in [0.5, 0.6) is 11.5 Å². The number of nitrogens with zero attached hydrogens (tertiary/aromatic N) is 2. The molecule has 0 radical (unpaired) electrons. The molecule has 0 atom stereocenters. The van der Waals surface area contributed by atoms with Crippen molar-refractivity contribution in [2.24, 2.45) is 0 Å². The topological polar surface area (TPSA) is 114 Å². The van der Waals surface area contributed by atoms with Crippen LogP contribution in [0.3, 0.4) is 0 Å². The highest BCUT2D eigenvalue weighted by Crippen LogP contribution is 2.38. The van der Waals surface area contributed by atoms with Gasteiger partial charge in [-0.25, -0.2) is 0 Å². The lowest BCUT2D eigenvalue weighted by atomic mass is 10.1. The van der Waals surface area contributed by atoms with Gasteiger partial charge in [0.25, 0.3) is 11.6 Å². The molecule has 1 amide bonds. The lowest BCUT2D eigenvalue weighted by Gasteiger charge is -2.15. The van der Waals surface area contributed by atoms with Gasteiger partial charge in [0.05, 0.1) is 32.2 Å². The van der Waals surface area contributed by atoms with Crippen LogP contribution in [-0.4, -0.2) is 17.9 Å². The minimum absolute atomic E-state index is 0.0474. The number of halogens is 3. The average molecular weight is 591 g/mol. The van der Waals surface area contributed by atoms with Crippen LogP contribution >= 0.6 is 39.1 Å². The van der Waals surface area contributed by atoms with E-state index in [2.05, 4.69) is 21.2 Å². The van der Waals surface area contributed by atoms with E-state index in [4.69, 9.17) is 32.7 Å². The van der Waals surface area contributed by atoms with E-state index in [0.717, 1.165) is 23.3 Å². The number of carbonyl (C=O) groups is 1. The number of ether oxygens (including phenoxy) is 2. The van der Waals surface area contributed by atoms with E-state index in [1.807, 2.05) is 37.3 Å². The summed E-state index contributed by atoms with van der Waals surface area (Å²) >= 11 is 15.6. The Hall–Kier alpha value is -3.58. The molecule has 3 aromatic rings. The van der Waals surface area contributed by atoms with Crippen molar-refractivity contribution in [3.05, 3.63) is 95.4 Å². The fraction of sp³-hybridized carbons (Fsp3) is 0.120. The maximum atomic E-state index is 12.7. The third-order valence-electron chi connectivity index (χ3n) is 5.04. The number of aryl methyl sites for hydroxylation is 1. The maximum Gasteiger partial charge on any atom is 0.272 e. The van der Waals surface area contributed by atoms with E-state index in [9.17, 15) is 20.2 Å². The fourth-order valence-corrected chi connectivity index (χ4v) is 4.31. The summed E-state index contributed by atoms with van der Waals surface area (Å²) in [4.78, 5) is 23.0. The standard InChI is InChI=1S/C25H18BrCl2N3O5/c1-14-5-3-4-6-16(14)13-36-24-19(26)8-15(9-22(24)35-2)7-17(12-29)25(32)30-23-20(27)10-18(31(33)34)11-21(23)28/h3-11H,13H2,1-2H3,(H,30,32)/b17-7+. The molecule has 0 unspecified atom stereocenters. The van der Waals surface area contributed by atoms with Gasteiger partial charge in [0.2, 0.25) is 0 Å². The van der Waals surface area contributed by atoms with Crippen LogP contribution < -0.4 is 14.8 Å². The van der Waals surface area contributed by atoms with Crippen LogP contribution in [0.25, 0.3) is 6.08 Å². The van der Waals surface area contributed by atoms with Gasteiger partial charge in [0.15, 0.2) is 11.5 Å². The Morgan fingerprint density at radius 2 is 1.89 bits per heavy atom. The highest BCUT2D eigenvalue weighted by atomic mass is 79.9. The number of nitrogens with one attached hydrogen (secondary N) is 1. The summed E-state index contributed by atoms with van der Waals surface area (Å²) in [6.45, 7) is 2.31. The Morgan fingerprint density at radius 3 is 2.47 bits per heavy atom. The van der Waals surface area contributed by atoms with Crippen LogP contribution in [-0.2, 0) is 11.4 Å². The monoisotopic (exact) mass is 589 g/mol. The van der Waals surface area contributed by atoms with Gasteiger partial charge >= 0.3 is 0 Å². The van der Waals surface area contributed by atoms with Gasteiger partial charge < -0.3 is 14.8 Å². The molecule has 0 aliphatic rings. The van der Waals surface area contributed by atoms with Crippen LogP contribution in [0.15, 0.2) is 58.6 Å². The van der Waals surface area contributed by atoms with Crippen molar-refractivity contribution in [3.8, 4) is 17.6 Å². The van der Waals surface area contributed by atoms with Crippen molar-refractivity contribution in [1.29, 1.82) is 5.26 Å². The van der Waals surface area contributed by atoms with E-state index < -0.39 is 10.8 Å². The zero-order valence-electron chi connectivity index (χ0n) is 19.0. The fourth-order valence-electron chi connectivity index (χ4n) is 3.17. The van der Waals surface area contributed by atoms with Gasteiger partial charge in [0, 0.05) is 12.1 Å². The van der Waals surface area contributed by atoms with Crippen LogP contribution in [0.4, 0.5) is 11.4 Å². The summed E-state index contributed by atoms with van der Waals surface area (Å²) in [5, 5.41) is 22.7. The summed E-state index contributed by atoms with van der Waals surface area (Å²) in [5.41, 5.74) is 1.94. The first kappa shape index (κ1) is 27.0. The first-order valence-corrected chi connectivity index (χ1v) is 11.8. The average Bonchev–Trinajstić information content (AvgIpc) is 2.84. The molecule has 184 valence electrons. The van der Waals surface area contributed by atoms with E-state index in [1.165, 1.54) is 13.2 Å². The second kappa shape index (κ2) is 11.9. The predicted molar refractivity (Wildman–Crippen MR) is 142 cm³/mol. The Morgan fingerprint density at radius 1 is 1.22 bits per heavy atom. The van der Waals surface area contributed by atoms with Gasteiger partial charge in [-0.3, -0.25) is 14.9 Å². The third-order valence-corrected chi connectivity index (χ3v) is 6.22. The number of hydrogen-bond acceptors (Lipinski definition) is 6. The Kier molecular flexibility index (Phi) is 8.93. The van der Waals surface area contributed by atoms with Crippen molar-refractivity contribution in [1.82, 2.24) is 0 Å². The summed E-state index contributed by atoms with van der Waals surface area (Å²) < 4.78 is 12.0. The molecule has 3 aromatic carbocycles. The molecule has 0 spiro atoms. The number of non-ortho nitro benzene ring substituents is 1. The van der Waals surface area contributed by atoms with Gasteiger partial charge in [-0.15, -0.1) is 0 Å². The molecule has 1 N–H and O–H groups in total. The third kappa shape index (κ3) is 6.34. The maximum absolute atomic E-state index is 12.7. The van der Waals surface area contributed by atoms with Crippen molar-refractivity contribution >= 4 is 62.5 Å². The summed E-state index contributed by atoms with van der Waals surface area (Å²) in [6, 6.07) is 15.1. The molecule has 0 heterocycles. The molecule has 0 aliphatic heterocycles. The normalized spacial score (nSPS) is 10.9. The molecular formula is C25H18BrCl2N3O5. The molecule has 0 fully saturated rings. The Labute approximate surface area is 225 Å². The second-order valence-electron chi connectivity index (χ2n) is 7.41. The Bertz CT molecular complexity index is 1400. The minimum atomic E-state index is -0.801. The van der Waals surface area contributed by atoms with Gasteiger partial charge in [-0.1, -0.05) is 47.5 Å². The highest BCUT2D eigenvalue weighted by molar-refractivity contribution is 9.10. The molecular weight excluding hydrogens is 573 g/mol. The number of hydrogen-bond donors (Lipinski definition) is 1. The largest absolute Gasteiger partial charge is 0.493 e. The number of nitro benzene ring substituents is 1. The summed E-state index contributed by atoms with van der Waals surface area (Å²) in [7, 11) is 1.48. The zero-order chi connectivity index (χ0) is 26.4. The van der Waals surface area contributed by atoms with Gasteiger partial charge in [0.1, 0.15) is 18.2 Å². The van der Waals surface area contributed by atoms with E-state index in [1.54, 1.807) is 12.1 Å². The number of methoxy groups -OCH3 is 1. The van der Waals surface area contributed by atoms with Crippen molar-refractivity contribution in [2.45, 2.75) is 13.5 Å². The number of carbonyl (C=O) groups excluding carboxylic acids is 1. The predicted octanol–water partition coefficient (Wildman–Crippen LogP) is 7.11. The van der Waals surface area contributed by atoms with Crippen LogP contribution in [0, 0.1) is 28.4 Å². The number of nitriles is 1. The molecule has 0 bridgehead atoms. The van der Waals surface area contributed by atoms with E-state index >= 15 is 0 Å². The molecule has 0 aliphatic carbocycles. The number of anilines is 1. The number of amides is 1. The quantitative estimate of drug-likeness (QED) is 0.129. The van der Waals surface area contributed by atoms with Gasteiger partial charge in [-0.2, -0.15) is 5.26 Å². The van der Waals surface area contributed by atoms with Crippen molar-refractivity contribution in [3.63, 3.8) is 0 Å². The lowest BCUT2D eigenvalue weighted by molar-refractivity contribution is -0.384. The van der Waals surface area contributed by atoms with Gasteiger partial charge in [-0.05, 0) is 57.8 Å². The lowest BCUT2D eigenvalue weighted by Crippen LogP contribution is -2.14. The molecule has 0 aromatic heterocycles. The van der Waals surface area contributed by atoms with Crippen molar-refractivity contribution < 1.29 is 19.2 Å². The first-order valence-electron chi connectivity index (χ1n) is 10.3. The SMILES string of the molecule is COc1cc(/C=C(\C#N)C(=O)Nc2c(Cl)cc([N+](=O)[O-])cc2Cl)cc(Br)c1OCc1ccccc1C. The van der Waals surface area contributed by atoms with Crippen molar-refractivity contribution in [2.75, 3.05) is 12.4 Å². The first-order chi connectivity index (χ1) is 17.1. The zero-order valence-corrected chi connectivity index (χ0v) is 22.1. The number of benzene rings is 3. The molecule has 3 rings (SSSR count). The second-order valence-corrected chi connectivity index (χ2v) is 9.08. The molecule has 11 heteroatoms.